The van der Waals surface area contributed by atoms with Crippen LogP contribution in [0.25, 0.3) is 5.69 Å². The number of aromatic nitrogens is 2. The van der Waals surface area contributed by atoms with E-state index in [-0.39, 0.29) is 21.9 Å². The van der Waals surface area contributed by atoms with Crippen molar-refractivity contribution >= 4 is 35.1 Å². The number of halogens is 1. The van der Waals surface area contributed by atoms with Crippen molar-refractivity contribution in [2.24, 2.45) is 0 Å². The Kier molecular flexibility index (Phi) is 4.72. The number of carbonyl (C=O) groups is 1. The molecule has 0 saturated heterocycles. The van der Waals surface area contributed by atoms with E-state index in [0.717, 1.165) is 22.7 Å². The lowest BCUT2D eigenvalue weighted by Crippen LogP contribution is -2.12. The molecule has 0 fully saturated rings. The van der Waals surface area contributed by atoms with Gasteiger partial charge in [-0.25, -0.2) is 4.98 Å². The number of aromatic hydroxyl groups is 1. The van der Waals surface area contributed by atoms with Crippen LogP contribution in [-0.4, -0.2) is 33.4 Å². The fourth-order valence-electron chi connectivity index (χ4n) is 3.00. The molecule has 3 aromatic rings. The summed E-state index contributed by atoms with van der Waals surface area (Å²) >= 11 is 7.60. The van der Waals surface area contributed by atoms with Gasteiger partial charge in [-0.3, -0.25) is 9.36 Å². The second-order valence-corrected chi connectivity index (χ2v) is 7.50. The first-order valence-corrected chi connectivity index (χ1v) is 9.61. The van der Waals surface area contributed by atoms with E-state index in [1.807, 2.05) is 34.9 Å². The number of phenolic OH excluding ortho intramolecular Hbond substituents is 1. The van der Waals surface area contributed by atoms with Crippen LogP contribution in [0.3, 0.4) is 0 Å². The van der Waals surface area contributed by atoms with Gasteiger partial charge in [0.05, 0.1) is 28.8 Å². The summed E-state index contributed by atoms with van der Waals surface area (Å²) in [6.07, 6.45) is 1.69. The van der Waals surface area contributed by atoms with Gasteiger partial charge in [-0.2, -0.15) is 0 Å². The van der Waals surface area contributed by atoms with Gasteiger partial charge in [-0.1, -0.05) is 17.7 Å². The number of nitrogens with zero attached hydrogens (tertiary/aromatic N) is 2. The number of thioether (sulfide) groups is 1. The Hall–Kier alpha value is -2.64. The predicted molar refractivity (Wildman–Crippen MR) is 106 cm³/mol. The van der Waals surface area contributed by atoms with Gasteiger partial charge in [-0.05, 0) is 42.0 Å². The third-order valence-electron chi connectivity index (χ3n) is 4.32. The van der Waals surface area contributed by atoms with Crippen molar-refractivity contribution in [3.8, 4) is 17.2 Å². The number of imidazole rings is 1. The zero-order valence-electron chi connectivity index (χ0n) is 14.3. The molecule has 2 heterocycles. The topological polar surface area (TPSA) is 76.4 Å². The van der Waals surface area contributed by atoms with Crippen LogP contribution in [0.5, 0.6) is 11.5 Å². The van der Waals surface area contributed by atoms with Crippen molar-refractivity contribution in [1.82, 2.24) is 9.55 Å². The zero-order chi connectivity index (χ0) is 19.0. The highest BCUT2D eigenvalue weighted by atomic mass is 35.5. The fourth-order valence-corrected chi connectivity index (χ4v) is 4.30. The van der Waals surface area contributed by atoms with Gasteiger partial charge < -0.3 is 15.2 Å². The molecule has 0 radical (unpaired) electrons. The minimum atomic E-state index is -0.179. The molecule has 0 spiro atoms. The number of nitrogens with one attached hydrogen (secondary N) is 1. The number of hydrogen-bond acceptors (Lipinski definition) is 5. The third kappa shape index (κ3) is 3.36. The molecule has 1 amide bonds. The summed E-state index contributed by atoms with van der Waals surface area (Å²) in [5.41, 5.74) is 2.63. The maximum absolute atomic E-state index is 12.1. The van der Waals surface area contributed by atoms with Crippen LogP contribution in [0.4, 0.5) is 5.82 Å². The summed E-state index contributed by atoms with van der Waals surface area (Å²) in [6.45, 7) is 0. The summed E-state index contributed by atoms with van der Waals surface area (Å²) < 4.78 is 7.17. The number of rotatable bonds is 3. The van der Waals surface area contributed by atoms with Gasteiger partial charge in [0.1, 0.15) is 17.8 Å². The van der Waals surface area contributed by atoms with E-state index in [9.17, 15) is 9.90 Å². The Morgan fingerprint density at radius 3 is 2.78 bits per heavy atom. The van der Waals surface area contributed by atoms with Crippen molar-refractivity contribution < 1.29 is 14.6 Å². The van der Waals surface area contributed by atoms with E-state index < -0.39 is 0 Å². The average molecular weight is 402 g/mol. The number of benzene rings is 2. The minimum absolute atomic E-state index is 0.0251. The molecule has 0 unspecified atom stereocenters. The number of methoxy groups -OCH3 is 1. The summed E-state index contributed by atoms with van der Waals surface area (Å²) in [5, 5.41) is 12.7. The molecule has 2 aromatic carbocycles. The van der Waals surface area contributed by atoms with Gasteiger partial charge in [0.15, 0.2) is 5.82 Å². The molecule has 138 valence electrons. The van der Waals surface area contributed by atoms with Gasteiger partial charge in [0, 0.05) is 5.69 Å². The van der Waals surface area contributed by atoms with Crippen molar-refractivity contribution in [3.05, 3.63) is 65.1 Å². The smallest absolute Gasteiger partial charge is 0.235 e. The molecule has 0 aliphatic carbocycles. The van der Waals surface area contributed by atoms with E-state index in [1.54, 1.807) is 25.6 Å². The Labute approximate surface area is 165 Å². The molecule has 4 rings (SSSR count). The predicted octanol–water partition coefficient (Wildman–Crippen LogP) is 4.01. The van der Waals surface area contributed by atoms with E-state index >= 15 is 0 Å². The molecule has 6 nitrogen and oxygen atoms in total. The average Bonchev–Trinajstić information content (AvgIpc) is 3.00. The lowest BCUT2D eigenvalue weighted by molar-refractivity contribution is -0.113. The van der Waals surface area contributed by atoms with Crippen molar-refractivity contribution in [2.75, 3.05) is 18.2 Å². The van der Waals surface area contributed by atoms with Crippen molar-refractivity contribution in [1.29, 1.82) is 0 Å². The minimum Gasteiger partial charge on any atom is -0.506 e. The normalized spacial score (nSPS) is 16.4. The Bertz CT molecular complexity index is 1000. The number of fused-ring (bicyclic) bond motifs is 1. The van der Waals surface area contributed by atoms with E-state index in [0.29, 0.717) is 11.6 Å². The number of ether oxygens (including phenoxy) is 1. The highest BCUT2D eigenvalue weighted by Gasteiger charge is 2.29. The second kappa shape index (κ2) is 7.17. The van der Waals surface area contributed by atoms with E-state index in [4.69, 9.17) is 16.3 Å². The maximum atomic E-state index is 12.1. The molecule has 1 aromatic heterocycles. The molecule has 1 atom stereocenters. The number of anilines is 1. The van der Waals surface area contributed by atoms with Crippen LogP contribution in [-0.2, 0) is 4.79 Å². The molecule has 2 N–H and O–H groups in total. The largest absolute Gasteiger partial charge is 0.506 e. The highest BCUT2D eigenvalue weighted by Crippen LogP contribution is 2.43. The van der Waals surface area contributed by atoms with Crippen LogP contribution in [0.15, 0.2) is 48.8 Å². The Balaban J connectivity index is 1.85. The van der Waals surface area contributed by atoms with Gasteiger partial charge in [0.25, 0.3) is 0 Å². The quantitative estimate of drug-likeness (QED) is 0.693. The SMILES string of the molecule is COc1ccc(-n2cnc3c2[C@H](c2ccc(O)c(Cl)c2)SCC(=O)N3)cc1. The molecule has 0 saturated carbocycles. The zero-order valence-corrected chi connectivity index (χ0v) is 15.9. The lowest BCUT2D eigenvalue weighted by Gasteiger charge is -2.18. The van der Waals surface area contributed by atoms with Crippen LogP contribution in [0.1, 0.15) is 16.5 Å². The van der Waals surface area contributed by atoms with E-state index in [2.05, 4.69) is 10.3 Å². The standard InChI is InChI=1S/C19H16ClN3O3S/c1-26-13-5-3-12(4-6-13)23-10-21-19-17(23)18(27-9-16(25)22-19)11-2-7-15(24)14(20)8-11/h2-8,10,18,24H,9H2,1H3,(H,22,25)/t18-/m0/s1. The molecule has 1 aliphatic heterocycles. The molecule has 8 heteroatoms. The van der Waals surface area contributed by atoms with Crippen LogP contribution in [0.2, 0.25) is 5.02 Å². The summed E-state index contributed by atoms with van der Waals surface area (Å²) in [4.78, 5) is 16.5. The number of phenols is 1. The maximum Gasteiger partial charge on any atom is 0.235 e. The van der Waals surface area contributed by atoms with Crippen LogP contribution < -0.4 is 10.1 Å². The molecule has 0 bridgehead atoms. The number of hydrogen-bond donors (Lipinski definition) is 2. The Morgan fingerprint density at radius 1 is 1.30 bits per heavy atom. The van der Waals surface area contributed by atoms with Crippen LogP contribution >= 0.6 is 23.4 Å². The first-order valence-electron chi connectivity index (χ1n) is 8.18. The van der Waals surface area contributed by atoms with Crippen molar-refractivity contribution in [2.45, 2.75) is 5.25 Å². The fraction of sp³-hybridized carbons (Fsp3) is 0.158. The third-order valence-corrected chi connectivity index (χ3v) is 5.88. The lowest BCUT2D eigenvalue weighted by atomic mass is 10.1. The summed E-state index contributed by atoms with van der Waals surface area (Å²) in [6, 6.07) is 12.7. The van der Waals surface area contributed by atoms with Crippen molar-refractivity contribution in [3.63, 3.8) is 0 Å². The second-order valence-electron chi connectivity index (χ2n) is 6.00. The van der Waals surface area contributed by atoms with Gasteiger partial charge in [0.2, 0.25) is 5.91 Å². The van der Waals surface area contributed by atoms with E-state index in [1.165, 1.54) is 11.8 Å². The first kappa shape index (κ1) is 17.8. The summed E-state index contributed by atoms with van der Waals surface area (Å²) in [7, 11) is 1.62. The number of carbonyl (C=O) groups excluding carboxylic acids is 1. The molecular weight excluding hydrogens is 386 g/mol. The van der Waals surface area contributed by atoms with Gasteiger partial charge in [-0.15, -0.1) is 11.8 Å². The molecule has 27 heavy (non-hydrogen) atoms. The van der Waals surface area contributed by atoms with Crippen LogP contribution in [0, 0.1) is 0 Å². The molecular formula is C19H16ClN3O3S. The highest BCUT2D eigenvalue weighted by molar-refractivity contribution is 8.00. The summed E-state index contributed by atoms with van der Waals surface area (Å²) in [5.74, 6) is 1.50. The monoisotopic (exact) mass is 401 g/mol. The first-order chi connectivity index (χ1) is 13.1. The number of amides is 1. The Morgan fingerprint density at radius 2 is 2.07 bits per heavy atom. The molecule has 1 aliphatic rings. The van der Waals surface area contributed by atoms with Gasteiger partial charge >= 0.3 is 0 Å².